The van der Waals surface area contributed by atoms with Crippen LogP contribution in [0, 0.1) is 0 Å². The number of hydrogen-bond donors (Lipinski definition) is 1. The highest BCUT2D eigenvalue weighted by atomic mass is 127. The molecule has 0 spiro atoms. The van der Waals surface area contributed by atoms with Crippen molar-refractivity contribution in [2.75, 3.05) is 39.3 Å². The summed E-state index contributed by atoms with van der Waals surface area (Å²) in [5.41, 5.74) is 0.974. The molecule has 0 bridgehead atoms. The van der Waals surface area contributed by atoms with Crippen molar-refractivity contribution in [2.45, 2.75) is 26.5 Å². The highest BCUT2D eigenvalue weighted by Gasteiger charge is 2.20. The SMILES string of the molecule is CCNC(=NCC(C)Oc1ccc(Cl)cc1)N1CCN(Cc2ccon2)CC1.I. The van der Waals surface area contributed by atoms with Gasteiger partial charge in [0.2, 0.25) is 0 Å². The third kappa shape index (κ3) is 7.67. The lowest BCUT2D eigenvalue weighted by atomic mass is 10.3. The zero-order valence-electron chi connectivity index (χ0n) is 16.9. The quantitative estimate of drug-likeness (QED) is 0.334. The van der Waals surface area contributed by atoms with Crippen molar-refractivity contribution < 1.29 is 9.26 Å². The number of benzene rings is 1. The fraction of sp³-hybridized carbons (Fsp3) is 0.500. The maximum absolute atomic E-state index is 5.92. The largest absolute Gasteiger partial charge is 0.489 e. The van der Waals surface area contributed by atoms with Gasteiger partial charge < -0.3 is 19.5 Å². The lowest BCUT2D eigenvalue weighted by Crippen LogP contribution is -2.52. The van der Waals surface area contributed by atoms with E-state index in [1.165, 1.54) is 0 Å². The van der Waals surface area contributed by atoms with Crippen LogP contribution in [0.15, 0.2) is 46.1 Å². The molecule has 3 rings (SSSR count). The number of rotatable bonds is 7. The van der Waals surface area contributed by atoms with Gasteiger partial charge in [0.1, 0.15) is 18.1 Å². The molecule has 0 aliphatic carbocycles. The summed E-state index contributed by atoms with van der Waals surface area (Å²) in [6, 6.07) is 9.33. The lowest BCUT2D eigenvalue weighted by Gasteiger charge is -2.36. The first kappa shape index (κ1) is 23.8. The van der Waals surface area contributed by atoms with Crippen molar-refractivity contribution in [1.29, 1.82) is 0 Å². The number of aromatic nitrogens is 1. The molecule has 1 fully saturated rings. The number of nitrogens with one attached hydrogen (secondary N) is 1. The first-order valence-corrected chi connectivity index (χ1v) is 10.1. The second-order valence-corrected chi connectivity index (χ2v) is 7.27. The van der Waals surface area contributed by atoms with Crippen LogP contribution in [-0.2, 0) is 6.54 Å². The molecule has 2 heterocycles. The minimum Gasteiger partial charge on any atom is -0.489 e. The van der Waals surface area contributed by atoms with Crippen LogP contribution in [0.1, 0.15) is 19.5 Å². The first-order valence-electron chi connectivity index (χ1n) is 9.71. The van der Waals surface area contributed by atoms with E-state index in [0.717, 1.165) is 56.7 Å². The summed E-state index contributed by atoms with van der Waals surface area (Å²) in [5.74, 6) is 1.74. The maximum Gasteiger partial charge on any atom is 0.194 e. The monoisotopic (exact) mass is 533 g/mol. The molecule has 2 aromatic rings. The van der Waals surface area contributed by atoms with Gasteiger partial charge in [-0.3, -0.25) is 4.90 Å². The molecule has 1 aromatic carbocycles. The standard InChI is InChI=1S/C20H28ClN5O2.HI/c1-3-22-20(23-14-16(2)28-19-6-4-17(21)5-7-19)26-11-9-25(10-12-26)15-18-8-13-27-24-18;/h4-8,13,16H,3,9-12,14-15H2,1-2H3,(H,22,23);1H. The summed E-state index contributed by atoms with van der Waals surface area (Å²) in [5, 5.41) is 8.09. The van der Waals surface area contributed by atoms with Crippen LogP contribution in [0.5, 0.6) is 5.75 Å². The molecule has 0 amide bonds. The highest BCUT2D eigenvalue weighted by molar-refractivity contribution is 14.0. The number of ether oxygens (including phenoxy) is 1. The molecule has 9 heteroatoms. The summed E-state index contributed by atoms with van der Waals surface area (Å²) < 4.78 is 10.8. The summed E-state index contributed by atoms with van der Waals surface area (Å²) in [6.45, 7) is 10.1. The van der Waals surface area contributed by atoms with Gasteiger partial charge in [-0.25, -0.2) is 4.99 Å². The summed E-state index contributed by atoms with van der Waals surface area (Å²) in [4.78, 5) is 9.47. The Balaban J connectivity index is 0.00000300. The Hall–Kier alpha value is -1.52. The lowest BCUT2D eigenvalue weighted by molar-refractivity contribution is 0.168. The summed E-state index contributed by atoms with van der Waals surface area (Å²) in [7, 11) is 0. The van der Waals surface area contributed by atoms with Crippen molar-refractivity contribution in [1.82, 2.24) is 20.3 Å². The smallest absolute Gasteiger partial charge is 0.194 e. The molecule has 7 nitrogen and oxygen atoms in total. The number of hydrogen-bond acceptors (Lipinski definition) is 5. The maximum atomic E-state index is 5.92. The van der Waals surface area contributed by atoms with Crippen LogP contribution >= 0.6 is 35.6 Å². The van der Waals surface area contributed by atoms with Crippen molar-refractivity contribution >= 4 is 41.5 Å². The van der Waals surface area contributed by atoms with E-state index in [2.05, 4.69) is 27.2 Å². The van der Waals surface area contributed by atoms with E-state index in [1.807, 2.05) is 37.3 Å². The van der Waals surface area contributed by atoms with Gasteiger partial charge in [-0.1, -0.05) is 16.8 Å². The first-order chi connectivity index (χ1) is 13.6. The summed E-state index contributed by atoms with van der Waals surface area (Å²) >= 11 is 5.92. The highest BCUT2D eigenvalue weighted by Crippen LogP contribution is 2.17. The Morgan fingerprint density at radius 1 is 1.24 bits per heavy atom. The molecule has 1 aromatic heterocycles. The average molecular weight is 534 g/mol. The second-order valence-electron chi connectivity index (χ2n) is 6.83. The molecule has 1 saturated heterocycles. The molecule has 29 heavy (non-hydrogen) atoms. The molecular formula is C20H29ClIN5O2. The van der Waals surface area contributed by atoms with E-state index >= 15 is 0 Å². The van der Waals surface area contributed by atoms with E-state index in [-0.39, 0.29) is 30.1 Å². The number of halogens is 2. The van der Waals surface area contributed by atoms with E-state index in [0.29, 0.717) is 11.6 Å². The van der Waals surface area contributed by atoms with E-state index in [1.54, 1.807) is 6.26 Å². The Labute approximate surface area is 194 Å². The predicted molar refractivity (Wildman–Crippen MR) is 126 cm³/mol. The fourth-order valence-corrected chi connectivity index (χ4v) is 3.22. The zero-order valence-corrected chi connectivity index (χ0v) is 20.0. The van der Waals surface area contributed by atoms with Crippen molar-refractivity contribution in [3.05, 3.63) is 47.3 Å². The molecule has 1 aliphatic rings. The van der Waals surface area contributed by atoms with Crippen LogP contribution in [0.2, 0.25) is 5.02 Å². The molecule has 1 aliphatic heterocycles. The van der Waals surface area contributed by atoms with Crippen molar-refractivity contribution in [3.8, 4) is 5.75 Å². The van der Waals surface area contributed by atoms with Gasteiger partial charge in [-0.15, -0.1) is 24.0 Å². The Morgan fingerprint density at radius 2 is 1.97 bits per heavy atom. The molecule has 0 radical (unpaired) electrons. The fourth-order valence-electron chi connectivity index (χ4n) is 3.09. The van der Waals surface area contributed by atoms with E-state index in [9.17, 15) is 0 Å². The van der Waals surface area contributed by atoms with Gasteiger partial charge in [0, 0.05) is 50.4 Å². The molecule has 0 saturated carbocycles. The molecule has 1 N–H and O–H groups in total. The van der Waals surface area contributed by atoms with Crippen molar-refractivity contribution in [2.24, 2.45) is 4.99 Å². The second kappa shape index (κ2) is 12.2. The Morgan fingerprint density at radius 3 is 2.59 bits per heavy atom. The van der Waals surface area contributed by atoms with Gasteiger partial charge in [-0.2, -0.15) is 0 Å². The third-order valence-corrected chi connectivity index (χ3v) is 4.78. The minimum atomic E-state index is -0.0247. The van der Waals surface area contributed by atoms with Crippen LogP contribution in [0.25, 0.3) is 0 Å². The average Bonchev–Trinajstić information content (AvgIpc) is 3.21. The van der Waals surface area contributed by atoms with Gasteiger partial charge in [0.25, 0.3) is 0 Å². The van der Waals surface area contributed by atoms with Crippen molar-refractivity contribution in [3.63, 3.8) is 0 Å². The minimum absolute atomic E-state index is 0. The topological polar surface area (TPSA) is 66.1 Å². The number of guanidine groups is 1. The molecule has 160 valence electrons. The number of aliphatic imine (C=N–C) groups is 1. The van der Waals surface area contributed by atoms with Gasteiger partial charge in [0.05, 0.1) is 12.2 Å². The third-order valence-electron chi connectivity index (χ3n) is 4.53. The zero-order chi connectivity index (χ0) is 19.8. The molecule has 1 atom stereocenters. The van der Waals surface area contributed by atoms with E-state index < -0.39 is 0 Å². The molecular weight excluding hydrogens is 505 g/mol. The van der Waals surface area contributed by atoms with Gasteiger partial charge in [-0.05, 0) is 38.1 Å². The predicted octanol–water partition coefficient (Wildman–Crippen LogP) is 3.50. The van der Waals surface area contributed by atoms with Crippen LogP contribution < -0.4 is 10.1 Å². The normalized spacial score (nSPS) is 16.2. The van der Waals surface area contributed by atoms with E-state index in [4.69, 9.17) is 25.9 Å². The number of piperazine rings is 1. The van der Waals surface area contributed by atoms with Crippen LogP contribution in [0.4, 0.5) is 0 Å². The molecule has 1 unspecified atom stereocenters. The summed E-state index contributed by atoms with van der Waals surface area (Å²) in [6.07, 6.45) is 1.60. The van der Waals surface area contributed by atoms with Gasteiger partial charge >= 0.3 is 0 Å². The van der Waals surface area contributed by atoms with Gasteiger partial charge in [0.15, 0.2) is 5.96 Å². The number of nitrogens with zero attached hydrogens (tertiary/aromatic N) is 4. The van der Waals surface area contributed by atoms with Crippen LogP contribution in [0.3, 0.4) is 0 Å². The Bertz CT molecular complexity index is 734. The van der Waals surface area contributed by atoms with Crippen LogP contribution in [-0.4, -0.2) is 66.3 Å². The Kier molecular flexibility index (Phi) is 10.0.